The number of hydrogen-bond acceptors (Lipinski definition) is 6. The molecule has 34 heavy (non-hydrogen) atoms. The highest BCUT2D eigenvalue weighted by atomic mass is 19.4. The summed E-state index contributed by atoms with van der Waals surface area (Å²) in [5.41, 5.74) is 4.04. The van der Waals surface area contributed by atoms with Crippen LogP contribution in [0, 0.1) is 0 Å². The molecule has 7 nitrogen and oxygen atoms in total. The van der Waals surface area contributed by atoms with Gasteiger partial charge >= 0.3 is 6.18 Å². The predicted molar refractivity (Wildman–Crippen MR) is 121 cm³/mol. The third-order valence-electron chi connectivity index (χ3n) is 6.77. The minimum Gasteiger partial charge on any atom is -0.381 e. The van der Waals surface area contributed by atoms with Gasteiger partial charge in [-0.1, -0.05) is 13.0 Å². The van der Waals surface area contributed by atoms with E-state index in [-0.39, 0.29) is 29.5 Å². The number of pyridine rings is 1. The van der Waals surface area contributed by atoms with Crippen LogP contribution < -0.4 is 10.3 Å². The number of ether oxygens (including phenoxy) is 1. The number of rotatable bonds is 5. The number of hydrogen-bond donors (Lipinski definition) is 1. The highest BCUT2D eigenvalue weighted by molar-refractivity contribution is 6.09. The molecule has 2 aromatic rings. The van der Waals surface area contributed by atoms with Crippen molar-refractivity contribution in [1.82, 2.24) is 15.3 Å². The number of nitrogens with one attached hydrogen (secondary N) is 1. The van der Waals surface area contributed by atoms with E-state index in [9.17, 15) is 18.0 Å². The van der Waals surface area contributed by atoms with Gasteiger partial charge in [-0.05, 0) is 47.7 Å². The van der Waals surface area contributed by atoms with Crippen molar-refractivity contribution in [3.63, 3.8) is 0 Å². The predicted octanol–water partition coefficient (Wildman–Crippen LogP) is 4.06. The molecule has 0 aliphatic carbocycles. The fourth-order valence-electron chi connectivity index (χ4n) is 4.74. The van der Waals surface area contributed by atoms with E-state index in [2.05, 4.69) is 17.5 Å². The van der Waals surface area contributed by atoms with Crippen molar-refractivity contribution in [2.75, 3.05) is 31.8 Å². The molecule has 4 heterocycles. The molecule has 0 spiro atoms. The SMILES string of the molecule is C[C@H](CC1=NNCN1C)c1cc(C2CCOC2)nc(N2Cc3c(cccc3C(F)(F)F)C2=O)c1. The molecule has 1 fully saturated rings. The van der Waals surface area contributed by atoms with Crippen molar-refractivity contribution in [1.29, 1.82) is 0 Å². The number of carbonyl (C=O) groups excluding carboxylic acids is 1. The fraction of sp³-hybridized carbons (Fsp3) is 0.458. The maximum absolute atomic E-state index is 13.6. The highest BCUT2D eigenvalue weighted by Crippen LogP contribution is 2.39. The summed E-state index contributed by atoms with van der Waals surface area (Å²) in [7, 11) is 1.96. The zero-order chi connectivity index (χ0) is 24.0. The molecule has 0 saturated carbocycles. The lowest BCUT2D eigenvalue weighted by molar-refractivity contribution is -0.138. The van der Waals surface area contributed by atoms with E-state index in [1.807, 2.05) is 24.1 Å². The molecule has 10 heteroatoms. The maximum Gasteiger partial charge on any atom is 0.416 e. The van der Waals surface area contributed by atoms with Gasteiger partial charge in [0, 0.05) is 37.3 Å². The van der Waals surface area contributed by atoms with Gasteiger partial charge in [-0.3, -0.25) is 15.1 Å². The van der Waals surface area contributed by atoms with Crippen molar-refractivity contribution >= 4 is 17.6 Å². The highest BCUT2D eigenvalue weighted by Gasteiger charge is 2.40. The van der Waals surface area contributed by atoms with Crippen LogP contribution in [0.15, 0.2) is 35.4 Å². The molecule has 1 amide bonds. The van der Waals surface area contributed by atoms with Gasteiger partial charge in [-0.25, -0.2) is 4.98 Å². The van der Waals surface area contributed by atoms with Crippen molar-refractivity contribution in [2.24, 2.45) is 5.10 Å². The van der Waals surface area contributed by atoms with Crippen LogP contribution in [0.3, 0.4) is 0 Å². The maximum atomic E-state index is 13.6. The average molecular weight is 473 g/mol. The molecule has 1 unspecified atom stereocenters. The Hall–Kier alpha value is -3.14. The van der Waals surface area contributed by atoms with E-state index < -0.39 is 17.6 Å². The van der Waals surface area contributed by atoms with Gasteiger partial charge in [0.2, 0.25) is 0 Å². The second-order valence-electron chi connectivity index (χ2n) is 9.11. The normalized spacial score (nSPS) is 21.0. The number of fused-ring (bicyclic) bond motifs is 1. The number of halogens is 3. The topological polar surface area (TPSA) is 70.1 Å². The Morgan fingerprint density at radius 2 is 2.12 bits per heavy atom. The van der Waals surface area contributed by atoms with Crippen molar-refractivity contribution in [2.45, 2.75) is 44.3 Å². The molecule has 1 aromatic heterocycles. The molecule has 2 atom stereocenters. The van der Waals surface area contributed by atoms with Crippen molar-refractivity contribution in [3.8, 4) is 0 Å². The summed E-state index contributed by atoms with van der Waals surface area (Å²) in [4.78, 5) is 21.3. The zero-order valence-corrected chi connectivity index (χ0v) is 19.0. The minimum absolute atomic E-state index is 0.000915. The van der Waals surface area contributed by atoms with Crippen LogP contribution in [0.2, 0.25) is 0 Å². The largest absolute Gasteiger partial charge is 0.416 e. The van der Waals surface area contributed by atoms with Gasteiger partial charge in [-0.2, -0.15) is 18.3 Å². The van der Waals surface area contributed by atoms with Crippen LogP contribution in [-0.4, -0.2) is 48.6 Å². The van der Waals surface area contributed by atoms with E-state index in [0.29, 0.717) is 32.1 Å². The van der Waals surface area contributed by atoms with E-state index in [1.54, 1.807) is 0 Å². The van der Waals surface area contributed by atoms with Gasteiger partial charge in [-0.15, -0.1) is 0 Å². The first-order valence-electron chi connectivity index (χ1n) is 11.3. The first kappa shape index (κ1) is 22.6. The number of hydrazone groups is 1. The smallest absolute Gasteiger partial charge is 0.381 e. The lowest BCUT2D eigenvalue weighted by atomic mass is 9.94. The molecular weight excluding hydrogens is 447 g/mol. The summed E-state index contributed by atoms with van der Waals surface area (Å²) in [6.45, 7) is 3.74. The summed E-state index contributed by atoms with van der Waals surface area (Å²) in [6, 6.07) is 7.61. The number of alkyl halides is 3. The van der Waals surface area contributed by atoms with Crippen LogP contribution in [0.1, 0.15) is 64.3 Å². The number of carbonyl (C=O) groups is 1. The Bertz CT molecular complexity index is 1140. The van der Waals surface area contributed by atoms with E-state index in [1.165, 1.54) is 17.0 Å². The molecule has 0 bridgehead atoms. The Balaban J connectivity index is 1.51. The number of nitrogens with zero attached hydrogens (tertiary/aromatic N) is 4. The summed E-state index contributed by atoms with van der Waals surface area (Å²) in [6.07, 6.45) is -3.03. The van der Waals surface area contributed by atoms with Crippen LogP contribution in [0.25, 0.3) is 0 Å². The Labute approximate surface area is 195 Å². The third kappa shape index (κ3) is 4.11. The van der Waals surface area contributed by atoms with E-state index >= 15 is 0 Å². The van der Waals surface area contributed by atoms with Gasteiger partial charge in [0.05, 0.1) is 18.7 Å². The number of amides is 1. The summed E-state index contributed by atoms with van der Waals surface area (Å²) < 4.78 is 46.3. The zero-order valence-electron chi connectivity index (χ0n) is 19.0. The van der Waals surface area contributed by atoms with Gasteiger partial charge in [0.15, 0.2) is 0 Å². The first-order chi connectivity index (χ1) is 16.2. The van der Waals surface area contributed by atoms with Gasteiger partial charge < -0.3 is 9.64 Å². The van der Waals surface area contributed by atoms with E-state index in [0.717, 1.165) is 29.6 Å². The lowest BCUT2D eigenvalue weighted by Crippen LogP contribution is -2.26. The molecule has 3 aliphatic rings. The van der Waals surface area contributed by atoms with Crippen LogP contribution in [0.5, 0.6) is 0 Å². The second-order valence-corrected chi connectivity index (χ2v) is 9.11. The van der Waals surface area contributed by atoms with Crippen molar-refractivity contribution in [3.05, 3.63) is 58.3 Å². The van der Waals surface area contributed by atoms with Crippen molar-refractivity contribution < 1.29 is 22.7 Å². The molecular formula is C24H26F3N5O2. The van der Waals surface area contributed by atoms with Crippen LogP contribution in [0.4, 0.5) is 19.0 Å². The summed E-state index contributed by atoms with van der Waals surface area (Å²) >= 11 is 0. The van der Waals surface area contributed by atoms with Crippen LogP contribution in [-0.2, 0) is 17.5 Å². The van der Waals surface area contributed by atoms with Gasteiger partial charge in [0.25, 0.3) is 5.91 Å². The molecule has 3 aliphatic heterocycles. The van der Waals surface area contributed by atoms with E-state index in [4.69, 9.17) is 9.72 Å². The number of anilines is 1. The standard InChI is InChI=1S/C24H26F3N5O2/c1-14(8-22-30-28-13-31(22)2)16-9-20(15-6-7-34-12-15)29-21(10-16)32-11-18-17(23(32)33)4-3-5-19(18)24(25,26)27/h3-5,9-10,14-15,28H,6-8,11-13H2,1-2H3/t14-,15?/m1/s1. The quantitative estimate of drug-likeness (QED) is 0.709. The average Bonchev–Trinajstić information content (AvgIpc) is 3.54. The molecule has 180 valence electrons. The molecule has 1 saturated heterocycles. The number of benzene rings is 1. The minimum atomic E-state index is -4.53. The number of aromatic nitrogens is 1. The second kappa shape index (κ2) is 8.57. The summed E-state index contributed by atoms with van der Waals surface area (Å²) in [5, 5.41) is 4.34. The third-order valence-corrected chi connectivity index (χ3v) is 6.77. The number of amidine groups is 1. The first-order valence-corrected chi connectivity index (χ1v) is 11.3. The Morgan fingerprint density at radius 1 is 1.29 bits per heavy atom. The molecule has 1 aromatic carbocycles. The Morgan fingerprint density at radius 3 is 2.79 bits per heavy atom. The Kier molecular flexibility index (Phi) is 5.71. The molecule has 1 N–H and O–H groups in total. The fourth-order valence-corrected chi connectivity index (χ4v) is 4.74. The van der Waals surface area contributed by atoms with Gasteiger partial charge in [0.1, 0.15) is 18.3 Å². The molecule has 5 rings (SSSR count). The molecule has 0 radical (unpaired) electrons. The lowest BCUT2D eigenvalue weighted by Gasteiger charge is -2.22. The summed E-state index contributed by atoms with van der Waals surface area (Å²) in [5.74, 6) is 0.993. The van der Waals surface area contributed by atoms with Crippen LogP contribution >= 0.6 is 0 Å². The monoisotopic (exact) mass is 473 g/mol.